The highest BCUT2D eigenvalue weighted by molar-refractivity contribution is 5.89. The number of carbonyl (C=O) groups is 1. The lowest BCUT2D eigenvalue weighted by atomic mass is 9.99. The summed E-state index contributed by atoms with van der Waals surface area (Å²) in [7, 11) is 1.61. The number of primary amides is 1. The van der Waals surface area contributed by atoms with Crippen LogP contribution in [-0.4, -0.2) is 23.0 Å². The number of nitrogens with one attached hydrogen (secondary N) is 1. The summed E-state index contributed by atoms with van der Waals surface area (Å²) in [5, 5.41) is 0. The molecule has 5 heteroatoms. The smallest absolute Gasteiger partial charge is 0.284 e. The first-order chi connectivity index (χ1) is 9.02. The molecular weight excluding hydrogens is 242 g/mol. The minimum Gasteiger partial charge on any atom is -0.496 e. The largest absolute Gasteiger partial charge is 0.496 e. The van der Waals surface area contributed by atoms with Crippen molar-refractivity contribution in [3.63, 3.8) is 0 Å². The number of methoxy groups -OCH3 is 1. The Labute approximate surface area is 111 Å². The molecule has 1 amide bonds. The predicted octanol–water partition coefficient (Wildman–Crippen LogP) is 2.31. The standard InChI is InChI=1S/C14H17N3O2/c1-8(2)9-4-5-12(19-3)10(6-9)11-7-16-14(17-11)13(15)18/h4-8H,1-3H3,(H2,15,18)(H,16,17). The van der Waals surface area contributed by atoms with Gasteiger partial charge in [0.15, 0.2) is 5.82 Å². The third-order valence-electron chi connectivity index (χ3n) is 2.99. The van der Waals surface area contributed by atoms with Gasteiger partial charge in [-0.2, -0.15) is 0 Å². The first-order valence-corrected chi connectivity index (χ1v) is 6.06. The Morgan fingerprint density at radius 3 is 2.68 bits per heavy atom. The van der Waals surface area contributed by atoms with Crippen LogP contribution in [0.5, 0.6) is 5.75 Å². The van der Waals surface area contributed by atoms with Gasteiger partial charge in [0.1, 0.15) is 5.75 Å². The molecule has 100 valence electrons. The fourth-order valence-electron chi connectivity index (χ4n) is 1.88. The summed E-state index contributed by atoms with van der Waals surface area (Å²) in [5.41, 5.74) is 7.96. The number of ether oxygens (including phenoxy) is 1. The number of aromatic amines is 1. The normalized spacial score (nSPS) is 10.7. The number of amides is 1. The Morgan fingerprint density at radius 2 is 2.16 bits per heavy atom. The minimum atomic E-state index is -0.578. The second kappa shape index (κ2) is 5.14. The van der Waals surface area contributed by atoms with Gasteiger partial charge in [-0.3, -0.25) is 4.79 Å². The molecule has 1 heterocycles. The zero-order valence-corrected chi connectivity index (χ0v) is 11.2. The van der Waals surface area contributed by atoms with E-state index < -0.39 is 5.91 Å². The molecular formula is C14H17N3O2. The van der Waals surface area contributed by atoms with Gasteiger partial charge in [0.2, 0.25) is 0 Å². The highest BCUT2D eigenvalue weighted by Crippen LogP contribution is 2.31. The van der Waals surface area contributed by atoms with Crippen molar-refractivity contribution in [2.24, 2.45) is 5.73 Å². The third-order valence-corrected chi connectivity index (χ3v) is 2.99. The highest BCUT2D eigenvalue weighted by atomic mass is 16.5. The molecule has 0 aliphatic rings. The minimum absolute atomic E-state index is 0.145. The van der Waals surface area contributed by atoms with Crippen LogP contribution in [0.1, 0.15) is 35.9 Å². The van der Waals surface area contributed by atoms with Crippen LogP contribution in [0.15, 0.2) is 24.4 Å². The summed E-state index contributed by atoms with van der Waals surface area (Å²) in [6.45, 7) is 4.24. The van der Waals surface area contributed by atoms with Gasteiger partial charge in [-0.1, -0.05) is 19.9 Å². The van der Waals surface area contributed by atoms with Gasteiger partial charge in [-0.15, -0.1) is 0 Å². The SMILES string of the molecule is COc1ccc(C(C)C)cc1-c1cnc(C(N)=O)[nH]1. The maximum atomic E-state index is 11.1. The average molecular weight is 259 g/mol. The number of hydrogen-bond donors (Lipinski definition) is 2. The zero-order chi connectivity index (χ0) is 14.0. The summed E-state index contributed by atoms with van der Waals surface area (Å²) in [6, 6.07) is 5.97. The maximum absolute atomic E-state index is 11.1. The van der Waals surface area contributed by atoms with E-state index in [0.717, 1.165) is 11.3 Å². The number of carbonyl (C=O) groups excluding carboxylic acids is 1. The van der Waals surface area contributed by atoms with Crippen molar-refractivity contribution in [2.75, 3.05) is 7.11 Å². The summed E-state index contributed by atoms with van der Waals surface area (Å²) in [4.78, 5) is 17.9. The van der Waals surface area contributed by atoms with E-state index in [1.807, 2.05) is 18.2 Å². The van der Waals surface area contributed by atoms with E-state index in [0.29, 0.717) is 11.6 Å². The molecule has 0 saturated heterocycles. The Kier molecular flexibility index (Phi) is 3.55. The van der Waals surface area contributed by atoms with Crippen LogP contribution in [0.2, 0.25) is 0 Å². The Hall–Kier alpha value is -2.30. The fourth-order valence-corrected chi connectivity index (χ4v) is 1.88. The molecule has 3 N–H and O–H groups in total. The van der Waals surface area contributed by atoms with Gasteiger partial charge < -0.3 is 15.5 Å². The number of imidazole rings is 1. The van der Waals surface area contributed by atoms with Crippen LogP contribution in [-0.2, 0) is 0 Å². The zero-order valence-electron chi connectivity index (χ0n) is 11.2. The molecule has 0 bridgehead atoms. The van der Waals surface area contributed by atoms with Crippen molar-refractivity contribution in [2.45, 2.75) is 19.8 Å². The Morgan fingerprint density at radius 1 is 1.42 bits per heavy atom. The van der Waals surface area contributed by atoms with E-state index in [1.165, 1.54) is 5.56 Å². The number of nitrogens with two attached hydrogens (primary N) is 1. The van der Waals surface area contributed by atoms with E-state index in [-0.39, 0.29) is 5.82 Å². The Bertz CT molecular complexity index is 602. The number of aromatic nitrogens is 2. The van der Waals surface area contributed by atoms with Gasteiger partial charge in [0.25, 0.3) is 5.91 Å². The van der Waals surface area contributed by atoms with E-state index in [1.54, 1.807) is 13.3 Å². The van der Waals surface area contributed by atoms with E-state index in [2.05, 4.69) is 23.8 Å². The molecule has 1 aromatic carbocycles. The van der Waals surface area contributed by atoms with Gasteiger partial charge in [0.05, 0.1) is 19.0 Å². The van der Waals surface area contributed by atoms with E-state index in [9.17, 15) is 4.79 Å². The molecule has 0 radical (unpaired) electrons. The second-order valence-electron chi connectivity index (χ2n) is 4.62. The van der Waals surface area contributed by atoms with Crippen molar-refractivity contribution in [1.29, 1.82) is 0 Å². The molecule has 0 atom stereocenters. The summed E-state index contributed by atoms with van der Waals surface area (Å²) in [5.74, 6) is 0.699. The monoisotopic (exact) mass is 259 g/mol. The molecule has 2 aromatic rings. The molecule has 19 heavy (non-hydrogen) atoms. The second-order valence-corrected chi connectivity index (χ2v) is 4.62. The van der Waals surface area contributed by atoms with E-state index in [4.69, 9.17) is 10.5 Å². The number of nitrogens with zero attached hydrogens (tertiary/aromatic N) is 1. The molecule has 5 nitrogen and oxygen atoms in total. The van der Waals surface area contributed by atoms with Crippen LogP contribution in [0.25, 0.3) is 11.3 Å². The van der Waals surface area contributed by atoms with Crippen LogP contribution in [0, 0.1) is 0 Å². The third kappa shape index (κ3) is 2.59. The lowest BCUT2D eigenvalue weighted by Crippen LogP contribution is -2.12. The molecule has 0 unspecified atom stereocenters. The molecule has 2 rings (SSSR count). The van der Waals surface area contributed by atoms with Crippen molar-refractivity contribution >= 4 is 5.91 Å². The fraction of sp³-hybridized carbons (Fsp3) is 0.286. The van der Waals surface area contributed by atoms with Crippen molar-refractivity contribution in [3.05, 3.63) is 35.8 Å². The molecule has 0 saturated carbocycles. The van der Waals surface area contributed by atoms with Gasteiger partial charge in [-0.05, 0) is 23.6 Å². The molecule has 0 aliphatic heterocycles. The first-order valence-electron chi connectivity index (χ1n) is 6.06. The van der Waals surface area contributed by atoms with Gasteiger partial charge in [-0.25, -0.2) is 4.98 Å². The summed E-state index contributed by atoms with van der Waals surface area (Å²) < 4.78 is 5.34. The topological polar surface area (TPSA) is 81.0 Å². The van der Waals surface area contributed by atoms with Crippen molar-refractivity contribution in [1.82, 2.24) is 9.97 Å². The van der Waals surface area contributed by atoms with Crippen LogP contribution >= 0.6 is 0 Å². The van der Waals surface area contributed by atoms with Crippen molar-refractivity contribution < 1.29 is 9.53 Å². The lowest BCUT2D eigenvalue weighted by molar-refractivity contribution is 0.0991. The maximum Gasteiger partial charge on any atom is 0.284 e. The average Bonchev–Trinajstić information content (AvgIpc) is 2.87. The molecule has 0 aliphatic carbocycles. The van der Waals surface area contributed by atoms with Crippen LogP contribution in [0.3, 0.4) is 0 Å². The summed E-state index contributed by atoms with van der Waals surface area (Å²) in [6.07, 6.45) is 1.59. The van der Waals surface area contributed by atoms with Gasteiger partial charge >= 0.3 is 0 Å². The summed E-state index contributed by atoms with van der Waals surface area (Å²) >= 11 is 0. The molecule has 0 fully saturated rings. The van der Waals surface area contributed by atoms with Crippen LogP contribution < -0.4 is 10.5 Å². The predicted molar refractivity (Wildman–Crippen MR) is 73.2 cm³/mol. The number of rotatable bonds is 4. The molecule has 0 spiro atoms. The van der Waals surface area contributed by atoms with E-state index >= 15 is 0 Å². The molecule has 1 aromatic heterocycles. The Balaban J connectivity index is 2.51. The highest BCUT2D eigenvalue weighted by Gasteiger charge is 2.13. The number of H-pyrrole nitrogens is 1. The van der Waals surface area contributed by atoms with Crippen molar-refractivity contribution in [3.8, 4) is 17.0 Å². The van der Waals surface area contributed by atoms with Crippen LogP contribution in [0.4, 0.5) is 0 Å². The number of hydrogen-bond acceptors (Lipinski definition) is 3. The first kappa shape index (κ1) is 13.1. The quantitative estimate of drug-likeness (QED) is 0.884. The lowest BCUT2D eigenvalue weighted by Gasteiger charge is -2.11. The number of benzene rings is 1. The van der Waals surface area contributed by atoms with Gasteiger partial charge in [0, 0.05) is 5.56 Å².